The summed E-state index contributed by atoms with van der Waals surface area (Å²) in [6.07, 6.45) is 2.80. The predicted molar refractivity (Wildman–Crippen MR) is 72.1 cm³/mol. The maximum absolute atomic E-state index is 12.7. The van der Waals surface area contributed by atoms with Crippen molar-refractivity contribution in [3.05, 3.63) is 22.8 Å². The Morgan fingerprint density at radius 2 is 1.56 bits per heavy atom. The molecule has 0 saturated carbocycles. The molecule has 2 aliphatic carbocycles. The Morgan fingerprint density at radius 3 is 2.11 bits per heavy atom. The van der Waals surface area contributed by atoms with Crippen molar-refractivity contribution in [3.63, 3.8) is 0 Å². The summed E-state index contributed by atoms with van der Waals surface area (Å²) in [5, 5.41) is 0. The van der Waals surface area contributed by atoms with Gasteiger partial charge in [0, 0.05) is 5.41 Å². The minimum absolute atomic E-state index is 0.119. The van der Waals surface area contributed by atoms with Gasteiger partial charge in [0.25, 0.3) is 0 Å². The number of Topliss-reactive ketones (excluding diaryl/α,β-unsaturated/α-hetero) is 2. The Hall–Kier alpha value is -1.18. The highest BCUT2D eigenvalue weighted by molar-refractivity contribution is 6.17. The first kappa shape index (κ1) is 13.3. The van der Waals surface area contributed by atoms with Crippen LogP contribution in [0.4, 0.5) is 0 Å². The van der Waals surface area contributed by atoms with Crippen LogP contribution >= 0.6 is 0 Å². The Labute approximate surface area is 109 Å². The molecule has 0 amide bonds. The molecule has 0 bridgehead atoms. The van der Waals surface area contributed by atoms with E-state index in [2.05, 4.69) is 13.8 Å². The summed E-state index contributed by atoms with van der Waals surface area (Å²) in [6.45, 7) is 11.7. The molecule has 98 valence electrons. The van der Waals surface area contributed by atoms with E-state index in [9.17, 15) is 9.59 Å². The second-order valence-electron chi connectivity index (χ2n) is 6.44. The van der Waals surface area contributed by atoms with Crippen LogP contribution in [0, 0.1) is 16.7 Å². The minimum atomic E-state index is -0.662. The molecule has 2 rings (SSSR count). The monoisotopic (exact) mass is 246 g/mol. The topological polar surface area (TPSA) is 34.1 Å². The summed E-state index contributed by atoms with van der Waals surface area (Å²) >= 11 is 0. The highest BCUT2D eigenvalue weighted by Crippen LogP contribution is 2.56. The number of rotatable bonds is 0. The molecule has 0 radical (unpaired) electrons. The van der Waals surface area contributed by atoms with Crippen LogP contribution in [0.1, 0.15) is 48.0 Å². The molecule has 2 aliphatic rings. The van der Waals surface area contributed by atoms with Crippen LogP contribution < -0.4 is 0 Å². The lowest BCUT2D eigenvalue weighted by atomic mass is 9.50. The van der Waals surface area contributed by atoms with Gasteiger partial charge in [-0.1, -0.05) is 25.5 Å². The zero-order valence-electron chi connectivity index (χ0n) is 12.2. The molecule has 3 atom stereocenters. The van der Waals surface area contributed by atoms with Crippen molar-refractivity contribution < 1.29 is 9.59 Å². The van der Waals surface area contributed by atoms with Crippen molar-refractivity contribution in [3.8, 4) is 0 Å². The number of carbonyl (C=O) groups excluding carboxylic acids is 2. The highest BCUT2D eigenvalue weighted by atomic mass is 16.1. The van der Waals surface area contributed by atoms with E-state index < -0.39 is 10.8 Å². The number of carbonyl (C=O) groups is 2. The van der Waals surface area contributed by atoms with Crippen molar-refractivity contribution in [2.24, 2.45) is 16.7 Å². The van der Waals surface area contributed by atoms with E-state index in [-0.39, 0.29) is 11.6 Å². The van der Waals surface area contributed by atoms with Gasteiger partial charge in [-0.2, -0.15) is 0 Å². The number of allylic oxidation sites excluding steroid dienone is 4. The maximum Gasteiger partial charge on any atom is 0.169 e. The summed E-state index contributed by atoms with van der Waals surface area (Å²) < 4.78 is 0. The van der Waals surface area contributed by atoms with Gasteiger partial charge in [0.2, 0.25) is 0 Å². The lowest BCUT2D eigenvalue weighted by Crippen LogP contribution is -2.54. The molecule has 0 fully saturated rings. The van der Waals surface area contributed by atoms with E-state index >= 15 is 0 Å². The van der Waals surface area contributed by atoms with Crippen molar-refractivity contribution in [2.45, 2.75) is 48.0 Å². The predicted octanol–water partition coefficient (Wildman–Crippen LogP) is 3.47. The molecule has 0 heterocycles. The fraction of sp³-hybridized carbons (Fsp3) is 0.625. The molecule has 0 unspecified atom stereocenters. The van der Waals surface area contributed by atoms with E-state index in [1.807, 2.05) is 19.9 Å². The van der Waals surface area contributed by atoms with Crippen LogP contribution in [-0.2, 0) is 9.59 Å². The van der Waals surface area contributed by atoms with E-state index in [1.165, 1.54) is 5.57 Å². The quantitative estimate of drug-likeness (QED) is 0.613. The number of ketones is 2. The second-order valence-corrected chi connectivity index (χ2v) is 6.44. The average molecular weight is 246 g/mol. The van der Waals surface area contributed by atoms with E-state index in [0.717, 1.165) is 6.42 Å². The van der Waals surface area contributed by atoms with Crippen LogP contribution in [0.15, 0.2) is 22.8 Å². The average Bonchev–Trinajstić information content (AvgIpc) is 2.31. The van der Waals surface area contributed by atoms with Crippen molar-refractivity contribution >= 4 is 11.6 Å². The molecular formula is C16H22O2. The smallest absolute Gasteiger partial charge is 0.169 e. The molecule has 0 spiro atoms. The number of hydrogen-bond acceptors (Lipinski definition) is 2. The minimum Gasteiger partial charge on any atom is -0.294 e. The largest absolute Gasteiger partial charge is 0.294 e. The van der Waals surface area contributed by atoms with E-state index in [0.29, 0.717) is 17.1 Å². The molecular weight excluding hydrogens is 224 g/mol. The van der Waals surface area contributed by atoms with Gasteiger partial charge in [0.15, 0.2) is 11.6 Å². The Kier molecular flexibility index (Phi) is 2.69. The summed E-state index contributed by atoms with van der Waals surface area (Å²) in [5.41, 5.74) is 1.28. The second kappa shape index (κ2) is 3.66. The molecule has 0 saturated heterocycles. The summed E-state index contributed by atoms with van der Waals surface area (Å²) in [7, 11) is 0. The normalized spacial score (nSPS) is 40.8. The Balaban J connectivity index is 2.74. The van der Waals surface area contributed by atoms with Crippen LogP contribution in [0.5, 0.6) is 0 Å². The molecule has 18 heavy (non-hydrogen) atoms. The lowest BCUT2D eigenvalue weighted by Gasteiger charge is -2.50. The van der Waals surface area contributed by atoms with Gasteiger partial charge in [-0.25, -0.2) is 0 Å². The zero-order chi connectivity index (χ0) is 13.9. The van der Waals surface area contributed by atoms with Crippen molar-refractivity contribution in [1.29, 1.82) is 0 Å². The summed E-state index contributed by atoms with van der Waals surface area (Å²) in [6, 6.07) is 0. The maximum atomic E-state index is 12.7. The molecule has 2 heteroatoms. The van der Waals surface area contributed by atoms with Gasteiger partial charge in [0.1, 0.15) is 0 Å². The summed E-state index contributed by atoms with van der Waals surface area (Å²) in [4.78, 5) is 25.3. The first-order chi connectivity index (χ1) is 8.15. The summed E-state index contributed by atoms with van der Waals surface area (Å²) in [5.74, 6) is 0.636. The van der Waals surface area contributed by atoms with Gasteiger partial charge in [-0.3, -0.25) is 9.59 Å². The standard InChI is InChI=1S/C16H22O2/c1-9-7-15(5)13(17)11(3)12(4)14(18)16(15,6)8-10(9)2/h7,10H,8H2,1-6H3/t10-,15-,16+/m0/s1. The van der Waals surface area contributed by atoms with Gasteiger partial charge in [0.05, 0.1) is 5.41 Å². The SMILES string of the molecule is CC1=C[C@@]2(C)C(=O)C(C)=C(C)C(=O)[C@@]2(C)C[C@@H]1C. The Bertz CT molecular complexity index is 509. The third-order valence-corrected chi connectivity index (χ3v) is 5.37. The number of hydrogen-bond donors (Lipinski definition) is 0. The third kappa shape index (κ3) is 1.35. The molecule has 2 nitrogen and oxygen atoms in total. The van der Waals surface area contributed by atoms with E-state index in [4.69, 9.17) is 0 Å². The van der Waals surface area contributed by atoms with E-state index in [1.54, 1.807) is 13.8 Å². The third-order valence-electron chi connectivity index (χ3n) is 5.37. The van der Waals surface area contributed by atoms with Crippen LogP contribution in [-0.4, -0.2) is 11.6 Å². The fourth-order valence-corrected chi connectivity index (χ4v) is 3.53. The molecule has 0 aliphatic heterocycles. The van der Waals surface area contributed by atoms with Gasteiger partial charge in [-0.05, 0) is 51.2 Å². The first-order valence-electron chi connectivity index (χ1n) is 6.61. The molecule has 0 N–H and O–H groups in total. The molecule has 0 aromatic heterocycles. The van der Waals surface area contributed by atoms with Crippen molar-refractivity contribution in [2.75, 3.05) is 0 Å². The highest BCUT2D eigenvalue weighted by Gasteiger charge is 2.58. The Morgan fingerprint density at radius 1 is 1.06 bits per heavy atom. The van der Waals surface area contributed by atoms with Crippen LogP contribution in [0.25, 0.3) is 0 Å². The van der Waals surface area contributed by atoms with Crippen LogP contribution in [0.2, 0.25) is 0 Å². The molecule has 0 aromatic rings. The zero-order valence-corrected chi connectivity index (χ0v) is 12.2. The van der Waals surface area contributed by atoms with Gasteiger partial charge in [-0.15, -0.1) is 0 Å². The fourth-order valence-electron chi connectivity index (χ4n) is 3.53. The van der Waals surface area contributed by atoms with Gasteiger partial charge >= 0.3 is 0 Å². The molecule has 0 aromatic carbocycles. The number of fused-ring (bicyclic) bond motifs is 1. The lowest BCUT2D eigenvalue weighted by molar-refractivity contribution is -0.143. The van der Waals surface area contributed by atoms with Gasteiger partial charge < -0.3 is 0 Å². The first-order valence-corrected chi connectivity index (χ1v) is 6.61. The van der Waals surface area contributed by atoms with Crippen molar-refractivity contribution in [1.82, 2.24) is 0 Å². The van der Waals surface area contributed by atoms with Crippen LogP contribution in [0.3, 0.4) is 0 Å².